The summed E-state index contributed by atoms with van der Waals surface area (Å²) in [7, 11) is 0. The van der Waals surface area contributed by atoms with E-state index in [1.54, 1.807) is 11.3 Å². The van der Waals surface area contributed by atoms with Crippen molar-refractivity contribution in [1.29, 1.82) is 0 Å². The van der Waals surface area contributed by atoms with E-state index in [1.165, 1.54) is 4.88 Å². The van der Waals surface area contributed by atoms with Gasteiger partial charge in [0.1, 0.15) is 0 Å². The van der Waals surface area contributed by atoms with Crippen LogP contribution in [0.4, 0.5) is 5.13 Å². The largest absolute Gasteiger partial charge is 0.356 e. The molecule has 0 unspecified atom stereocenters. The first-order chi connectivity index (χ1) is 6.50. The van der Waals surface area contributed by atoms with Crippen LogP contribution in [0.2, 0.25) is 0 Å². The van der Waals surface area contributed by atoms with Crippen LogP contribution in [0.15, 0.2) is 0 Å². The number of nitrogens with one attached hydrogen (secondary N) is 1. The molecule has 2 nitrogen and oxygen atoms in total. The van der Waals surface area contributed by atoms with Crippen LogP contribution in [0.3, 0.4) is 0 Å². The van der Waals surface area contributed by atoms with Gasteiger partial charge in [-0.15, -0.1) is 11.3 Å². The average Bonchev–Trinajstić information content (AvgIpc) is 2.45. The van der Waals surface area contributed by atoms with Gasteiger partial charge >= 0.3 is 0 Å². The number of aryl methyl sites for hydroxylation is 2. The zero-order valence-corrected chi connectivity index (χ0v) is 10.6. The molecule has 80 valence electrons. The Morgan fingerprint density at radius 3 is 2.21 bits per heavy atom. The number of anilines is 1. The maximum absolute atomic E-state index is 4.50. The van der Waals surface area contributed by atoms with Gasteiger partial charge in [-0.3, -0.25) is 0 Å². The second-order valence-electron chi connectivity index (χ2n) is 4.05. The van der Waals surface area contributed by atoms with Crippen LogP contribution >= 0.6 is 11.3 Å². The Morgan fingerprint density at radius 1 is 1.29 bits per heavy atom. The molecule has 0 saturated carbocycles. The number of hydrogen-bond acceptors (Lipinski definition) is 3. The SMILES string of the molecule is CCC(C)(CC)Nc1nc(C)c(C)s1. The summed E-state index contributed by atoms with van der Waals surface area (Å²) >= 11 is 1.75. The molecule has 1 aromatic rings. The molecule has 0 amide bonds. The lowest BCUT2D eigenvalue weighted by molar-refractivity contribution is 0.478. The second kappa shape index (κ2) is 4.30. The predicted molar refractivity (Wildman–Crippen MR) is 64.2 cm³/mol. The van der Waals surface area contributed by atoms with E-state index in [9.17, 15) is 0 Å². The monoisotopic (exact) mass is 212 g/mol. The van der Waals surface area contributed by atoms with Crippen molar-refractivity contribution in [3.63, 3.8) is 0 Å². The number of thiazole rings is 1. The zero-order chi connectivity index (χ0) is 10.8. The smallest absolute Gasteiger partial charge is 0.183 e. The van der Waals surface area contributed by atoms with Crippen molar-refractivity contribution in [2.24, 2.45) is 0 Å². The number of nitrogens with zero attached hydrogens (tertiary/aromatic N) is 1. The lowest BCUT2D eigenvalue weighted by Crippen LogP contribution is -2.32. The first kappa shape index (κ1) is 11.5. The highest BCUT2D eigenvalue weighted by atomic mass is 32.1. The summed E-state index contributed by atoms with van der Waals surface area (Å²) in [5.41, 5.74) is 1.34. The van der Waals surface area contributed by atoms with Gasteiger partial charge < -0.3 is 5.32 Å². The highest BCUT2D eigenvalue weighted by molar-refractivity contribution is 7.15. The van der Waals surface area contributed by atoms with Gasteiger partial charge in [0.2, 0.25) is 0 Å². The van der Waals surface area contributed by atoms with Crippen molar-refractivity contribution >= 4 is 16.5 Å². The summed E-state index contributed by atoms with van der Waals surface area (Å²) in [6, 6.07) is 0. The van der Waals surface area contributed by atoms with Crippen LogP contribution in [-0.2, 0) is 0 Å². The highest BCUT2D eigenvalue weighted by Gasteiger charge is 2.20. The summed E-state index contributed by atoms with van der Waals surface area (Å²) in [6.07, 6.45) is 2.25. The van der Waals surface area contributed by atoms with Gasteiger partial charge in [0.25, 0.3) is 0 Å². The van der Waals surface area contributed by atoms with Crippen LogP contribution in [-0.4, -0.2) is 10.5 Å². The topological polar surface area (TPSA) is 24.9 Å². The van der Waals surface area contributed by atoms with E-state index in [0.717, 1.165) is 23.7 Å². The molecule has 0 aromatic carbocycles. The minimum atomic E-state index is 0.191. The third-order valence-corrected chi connectivity index (χ3v) is 3.99. The summed E-state index contributed by atoms with van der Waals surface area (Å²) in [5.74, 6) is 0. The highest BCUT2D eigenvalue weighted by Crippen LogP contribution is 2.27. The predicted octanol–water partition coefficient (Wildman–Crippen LogP) is 3.75. The Labute approximate surface area is 90.8 Å². The van der Waals surface area contributed by atoms with Crippen molar-refractivity contribution in [2.75, 3.05) is 5.32 Å². The third kappa shape index (κ3) is 2.47. The summed E-state index contributed by atoms with van der Waals surface area (Å²) in [5, 5.41) is 4.59. The quantitative estimate of drug-likeness (QED) is 0.822. The van der Waals surface area contributed by atoms with Gasteiger partial charge in [-0.25, -0.2) is 4.98 Å². The van der Waals surface area contributed by atoms with E-state index in [1.807, 2.05) is 0 Å². The third-order valence-electron chi connectivity index (χ3n) is 3.00. The summed E-state index contributed by atoms with van der Waals surface area (Å²) in [4.78, 5) is 5.81. The van der Waals surface area contributed by atoms with E-state index in [2.05, 4.69) is 44.9 Å². The van der Waals surface area contributed by atoms with Crippen molar-refractivity contribution in [2.45, 2.75) is 53.0 Å². The molecule has 0 spiro atoms. The van der Waals surface area contributed by atoms with Gasteiger partial charge in [0.15, 0.2) is 5.13 Å². The molecule has 1 heterocycles. The number of hydrogen-bond donors (Lipinski definition) is 1. The molecule has 1 aromatic heterocycles. The molecule has 1 rings (SSSR count). The van der Waals surface area contributed by atoms with E-state index in [4.69, 9.17) is 0 Å². The Hall–Kier alpha value is -0.570. The molecule has 0 aliphatic carbocycles. The maximum Gasteiger partial charge on any atom is 0.183 e. The van der Waals surface area contributed by atoms with Crippen molar-refractivity contribution in [1.82, 2.24) is 4.98 Å². The van der Waals surface area contributed by atoms with E-state index < -0.39 is 0 Å². The lowest BCUT2D eigenvalue weighted by Gasteiger charge is -2.27. The molecular formula is C11H20N2S. The molecule has 0 bridgehead atoms. The Balaban J connectivity index is 2.77. The lowest BCUT2D eigenvalue weighted by atomic mass is 9.96. The Kier molecular flexibility index (Phi) is 3.53. The zero-order valence-electron chi connectivity index (χ0n) is 9.77. The normalized spacial score (nSPS) is 11.8. The van der Waals surface area contributed by atoms with Crippen LogP contribution in [0.5, 0.6) is 0 Å². The molecule has 14 heavy (non-hydrogen) atoms. The second-order valence-corrected chi connectivity index (χ2v) is 5.26. The molecule has 1 N–H and O–H groups in total. The van der Waals surface area contributed by atoms with E-state index in [-0.39, 0.29) is 5.54 Å². The molecule has 0 atom stereocenters. The number of rotatable bonds is 4. The van der Waals surface area contributed by atoms with Crippen molar-refractivity contribution in [3.8, 4) is 0 Å². The van der Waals surface area contributed by atoms with E-state index >= 15 is 0 Å². The Bertz CT molecular complexity index is 281. The minimum absolute atomic E-state index is 0.191. The first-order valence-electron chi connectivity index (χ1n) is 5.23. The maximum atomic E-state index is 4.50. The average molecular weight is 212 g/mol. The number of aromatic nitrogens is 1. The van der Waals surface area contributed by atoms with Gasteiger partial charge in [-0.2, -0.15) is 0 Å². The van der Waals surface area contributed by atoms with Gasteiger partial charge in [-0.1, -0.05) is 13.8 Å². The summed E-state index contributed by atoms with van der Waals surface area (Å²) in [6.45, 7) is 10.9. The molecule has 3 heteroatoms. The standard InChI is InChI=1S/C11H20N2S/c1-6-11(5,7-2)13-10-12-8(3)9(4)14-10/h6-7H2,1-5H3,(H,12,13). The van der Waals surface area contributed by atoms with Crippen LogP contribution in [0, 0.1) is 13.8 Å². The fraction of sp³-hybridized carbons (Fsp3) is 0.727. The van der Waals surface area contributed by atoms with Gasteiger partial charge in [0, 0.05) is 10.4 Å². The molecule has 0 aliphatic heterocycles. The minimum Gasteiger partial charge on any atom is -0.356 e. The van der Waals surface area contributed by atoms with E-state index in [0.29, 0.717) is 0 Å². The molecule has 0 aliphatic rings. The summed E-state index contributed by atoms with van der Waals surface area (Å²) < 4.78 is 0. The molecular weight excluding hydrogens is 192 g/mol. The van der Waals surface area contributed by atoms with Gasteiger partial charge in [0.05, 0.1) is 5.69 Å². The molecule has 0 radical (unpaired) electrons. The van der Waals surface area contributed by atoms with Crippen molar-refractivity contribution in [3.05, 3.63) is 10.6 Å². The van der Waals surface area contributed by atoms with Crippen LogP contribution in [0.1, 0.15) is 44.2 Å². The Morgan fingerprint density at radius 2 is 1.86 bits per heavy atom. The molecule has 0 fully saturated rings. The first-order valence-corrected chi connectivity index (χ1v) is 6.04. The fourth-order valence-corrected chi connectivity index (χ4v) is 2.17. The van der Waals surface area contributed by atoms with Gasteiger partial charge in [-0.05, 0) is 33.6 Å². The molecule has 0 saturated heterocycles. The fourth-order valence-electron chi connectivity index (χ4n) is 1.21. The van der Waals surface area contributed by atoms with Crippen LogP contribution < -0.4 is 5.32 Å². The van der Waals surface area contributed by atoms with Crippen molar-refractivity contribution < 1.29 is 0 Å². The van der Waals surface area contributed by atoms with Crippen LogP contribution in [0.25, 0.3) is 0 Å².